The van der Waals surface area contributed by atoms with Gasteiger partial charge in [0.05, 0.1) is 17.1 Å². The van der Waals surface area contributed by atoms with Gasteiger partial charge in [-0.25, -0.2) is 4.98 Å². The van der Waals surface area contributed by atoms with Gasteiger partial charge in [-0.15, -0.1) is 0 Å². The zero-order valence-electron chi connectivity index (χ0n) is 20.0. The second-order valence-electron chi connectivity index (χ2n) is 10.1. The quantitative estimate of drug-likeness (QED) is 0.446. The first-order valence-corrected chi connectivity index (χ1v) is 12.6. The van der Waals surface area contributed by atoms with E-state index in [0.717, 1.165) is 50.8 Å². The van der Waals surface area contributed by atoms with E-state index in [-0.39, 0.29) is 34.0 Å². The lowest BCUT2D eigenvalue weighted by molar-refractivity contribution is -0.144. The molecule has 2 fully saturated rings. The number of alkyl halides is 3. The minimum atomic E-state index is -4.58. The molecule has 3 aromatic rings. The molecule has 2 aromatic carbocycles. The van der Waals surface area contributed by atoms with Crippen LogP contribution in [0.1, 0.15) is 60.3 Å². The van der Waals surface area contributed by atoms with Crippen LogP contribution in [0.25, 0.3) is 11.0 Å². The minimum Gasteiger partial charge on any atom is -0.391 e. The highest BCUT2D eigenvalue weighted by molar-refractivity contribution is 5.97. The second-order valence-corrected chi connectivity index (χ2v) is 10.1. The Morgan fingerprint density at radius 1 is 1.11 bits per heavy atom. The first-order valence-electron chi connectivity index (χ1n) is 12.6. The molecule has 0 unspecified atom stereocenters. The number of imidazole rings is 1. The first kappa shape index (κ1) is 24.8. The number of benzene rings is 2. The number of carbonyl (C=O) groups is 1. The summed E-state index contributed by atoms with van der Waals surface area (Å²) in [5.74, 6) is -1.43. The Bertz CT molecular complexity index is 1210. The summed E-state index contributed by atoms with van der Waals surface area (Å²) in [4.78, 5) is 21.3. The smallest absolute Gasteiger partial charge is 0.391 e. The number of hydrogen-bond acceptors (Lipinski definition) is 4. The van der Waals surface area contributed by atoms with Crippen LogP contribution in [0, 0.1) is 0 Å². The van der Waals surface area contributed by atoms with E-state index in [0.29, 0.717) is 13.0 Å². The molecule has 192 valence electrons. The zero-order chi connectivity index (χ0) is 25.3. The first-order chi connectivity index (χ1) is 17.2. The number of nitrogens with zero attached hydrogens (tertiary/aromatic N) is 2. The molecule has 6 nitrogen and oxygen atoms in total. The van der Waals surface area contributed by atoms with E-state index in [1.165, 1.54) is 18.2 Å². The predicted molar refractivity (Wildman–Crippen MR) is 131 cm³/mol. The van der Waals surface area contributed by atoms with Crippen LogP contribution in [0.15, 0.2) is 48.5 Å². The SMILES string of the molecule is O=C(NC[C@@]1(c2ccccc2)CC[C@H](O)[C@@H](N2CCCC2)CC1)c1ccc2nc(C(F)(F)F)[nH]c2c1. The van der Waals surface area contributed by atoms with Crippen molar-refractivity contribution in [3.63, 3.8) is 0 Å². The van der Waals surface area contributed by atoms with Crippen molar-refractivity contribution >= 4 is 16.9 Å². The van der Waals surface area contributed by atoms with Crippen molar-refractivity contribution < 1.29 is 23.1 Å². The monoisotopic (exact) mass is 500 g/mol. The predicted octanol–water partition coefficient (Wildman–Crippen LogP) is 4.65. The fourth-order valence-corrected chi connectivity index (χ4v) is 5.85. The summed E-state index contributed by atoms with van der Waals surface area (Å²) in [6, 6.07) is 14.5. The van der Waals surface area contributed by atoms with Crippen LogP contribution in [0.3, 0.4) is 0 Å². The summed E-state index contributed by atoms with van der Waals surface area (Å²) < 4.78 is 39.0. The molecule has 3 atom stereocenters. The third kappa shape index (κ3) is 4.99. The van der Waals surface area contributed by atoms with Gasteiger partial charge in [0.25, 0.3) is 5.91 Å². The maximum absolute atomic E-state index is 13.1. The van der Waals surface area contributed by atoms with Crippen LogP contribution in [-0.2, 0) is 11.6 Å². The highest BCUT2D eigenvalue weighted by Gasteiger charge is 2.40. The second kappa shape index (κ2) is 9.86. The van der Waals surface area contributed by atoms with Gasteiger partial charge in [-0.3, -0.25) is 9.69 Å². The Labute approximate surface area is 207 Å². The number of aromatic amines is 1. The van der Waals surface area contributed by atoms with Gasteiger partial charge in [-0.1, -0.05) is 30.3 Å². The van der Waals surface area contributed by atoms with E-state index < -0.39 is 18.1 Å². The Kier molecular flexibility index (Phi) is 6.78. The molecule has 0 radical (unpaired) electrons. The number of aromatic nitrogens is 2. The molecule has 1 saturated carbocycles. The molecule has 0 bridgehead atoms. The third-order valence-corrected chi connectivity index (χ3v) is 7.88. The molecule has 5 rings (SSSR count). The zero-order valence-corrected chi connectivity index (χ0v) is 20.0. The van der Waals surface area contributed by atoms with Crippen LogP contribution < -0.4 is 5.32 Å². The molecule has 0 spiro atoms. The highest BCUT2D eigenvalue weighted by Crippen LogP contribution is 2.40. The molecule has 1 aliphatic carbocycles. The topological polar surface area (TPSA) is 81.2 Å². The molecule has 1 saturated heterocycles. The number of H-pyrrole nitrogens is 1. The van der Waals surface area contributed by atoms with Crippen molar-refractivity contribution in [2.24, 2.45) is 0 Å². The number of hydrogen-bond donors (Lipinski definition) is 3. The molecule has 9 heteroatoms. The largest absolute Gasteiger partial charge is 0.449 e. The average molecular weight is 501 g/mol. The number of rotatable bonds is 5. The number of aliphatic hydroxyl groups is 1. The molecule has 2 heterocycles. The van der Waals surface area contributed by atoms with Crippen molar-refractivity contribution in [3.8, 4) is 0 Å². The lowest BCUT2D eigenvalue weighted by atomic mass is 9.74. The van der Waals surface area contributed by atoms with E-state index in [9.17, 15) is 23.1 Å². The number of halogens is 3. The van der Waals surface area contributed by atoms with Gasteiger partial charge >= 0.3 is 6.18 Å². The molecule has 3 N–H and O–H groups in total. The summed E-state index contributed by atoms with van der Waals surface area (Å²) in [5.41, 5.74) is 1.38. The van der Waals surface area contributed by atoms with E-state index in [4.69, 9.17) is 0 Å². The number of aliphatic hydroxyl groups excluding tert-OH is 1. The van der Waals surface area contributed by atoms with Crippen molar-refractivity contribution in [3.05, 3.63) is 65.5 Å². The molecular formula is C27H31F3N4O2. The maximum Gasteiger partial charge on any atom is 0.449 e. The van der Waals surface area contributed by atoms with E-state index in [2.05, 4.69) is 32.3 Å². The van der Waals surface area contributed by atoms with Crippen LogP contribution in [0.4, 0.5) is 13.2 Å². The highest BCUT2D eigenvalue weighted by atomic mass is 19.4. The summed E-state index contributed by atoms with van der Waals surface area (Å²) in [5, 5.41) is 14.0. The van der Waals surface area contributed by atoms with Crippen LogP contribution in [-0.4, -0.2) is 57.7 Å². The van der Waals surface area contributed by atoms with E-state index in [1.54, 1.807) is 0 Å². The standard InChI is InChI=1S/C27H31F3N4O2/c28-27(29,30)25-32-20-9-8-18(16-21(20)33-25)24(36)31-17-26(19-6-2-1-3-7-19)12-10-22(23(35)11-13-26)34-14-4-5-15-34/h1-3,6-9,16,22-23,35H,4-5,10-15,17H2,(H,31,36)(H,32,33)/t22-,23-,26-/m0/s1. The van der Waals surface area contributed by atoms with Gasteiger partial charge in [0.1, 0.15) is 0 Å². The van der Waals surface area contributed by atoms with Gasteiger partial charge in [-0.05, 0) is 75.4 Å². The van der Waals surface area contributed by atoms with Crippen molar-refractivity contribution in [2.75, 3.05) is 19.6 Å². The fraction of sp³-hybridized carbons (Fsp3) is 0.481. The van der Waals surface area contributed by atoms with Crippen LogP contribution in [0.5, 0.6) is 0 Å². The van der Waals surface area contributed by atoms with Crippen molar-refractivity contribution in [1.29, 1.82) is 0 Å². The van der Waals surface area contributed by atoms with Crippen molar-refractivity contribution in [2.45, 2.75) is 62.3 Å². The molecule has 1 aliphatic heterocycles. The summed E-state index contributed by atoms with van der Waals surface area (Å²) in [6.07, 6.45) is 0.373. The number of amides is 1. The lowest BCUT2D eigenvalue weighted by Gasteiger charge is -2.34. The van der Waals surface area contributed by atoms with E-state index >= 15 is 0 Å². The number of likely N-dealkylation sites (tertiary alicyclic amines) is 1. The molecule has 1 amide bonds. The minimum absolute atomic E-state index is 0.124. The molecule has 36 heavy (non-hydrogen) atoms. The molecular weight excluding hydrogens is 469 g/mol. The Morgan fingerprint density at radius 2 is 1.83 bits per heavy atom. The molecule has 1 aromatic heterocycles. The maximum atomic E-state index is 13.1. The summed E-state index contributed by atoms with van der Waals surface area (Å²) in [6.45, 7) is 2.41. The Morgan fingerprint density at radius 3 is 2.56 bits per heavy atom. The molecule has 2 aliphatic rings. The fourth-order valence-electron chi connectivity index (χ4n) is 5.85. The summed E-state index contributed by atoms with van der Waals surface area (Å²) in [7, 11) is 0. The van der Waals surface area contributed by atoms with E-state index in [1.807, 2.05) is 18.2 Å². The summed E-state index contributed by atoms with van der Waals surface area (Å²) >= 11 is 0. The Balaban J connectivity index is 1.36. The van der Waals surface area contributed by atoms with Crippen LogP contribution >= 0.6 is 0 Å². The van der Waals surface area contributed by atoms with Gasteiger partial charge in [0.15, 0.2) is 0 Å². The van der Waals surface area contributed by atoms with Gasteiger partial charge in [0.2, 0.25) is 5.82 Å². The van der Waals surface area contributed by atoms with Gasteiger partial charge in [0, 0.05) is 23.6 Å². The van der Waals surface area contributed by atoms with Gasteiger partial charge in [-0.2, -0.15) is 13.2 Å². The Hall–Kier alpha value is -2.91. The van der Waals surface area contributed by atoms with Gasteiger partial charge < -0.3 is 15.4 Å². The lowest BCUT2D eigenvalue weighted by Crippen LogP contribution is -2.42. The number of nitrogens with one attached hydrogen (secondary N) is 2. The average Bonchev–Trinajstić information content (AvgIpc) is 3.52. The van der Waals surface area contributed by atoms with Crippen molar-refractivity contribution in [1.82, 2.24) is 20.2 Å². The third-order valence-electron chi connectivity index (χ3n) is 7.88. The number of carbonyl (C=O) groups excluding carboxylic acids is 1. The normalized spacial score (nSPS) is 25.7. The number of fused-ring (bicyclic) bond motifs is 1. The van der Waals surface area contributed by atoms with Crippen LogP contribution in [0.2, 0.25) is 0 Å².